The van der Waals surface area contributed by atoms with Crippen LogP contribution in [0.1, 0.15) is 43.2 Å². The van der Waals surface area contributed by atoms with E-state index in [1.54, 1.807) is 12.1 Å². The number of nitrogens with zero attached hydrogens (tertiary/aromatic N) is 3. The summed E-state index contributed by atoms with van der Waals surface area (Å²) in [4.78, 5) is 41.8. The topological polar surface area (TPSA) is 115 Å². The summed E-state index contributed by atoms with van der Waals surface area (Å²) in [6, 6.07) is 16.4. The molecule has 0 fully saturated rings. The molecule has 1 aliphatic heterocycles. The van der Waals surface area contributed by atoms with E-state index in [0.29, 0.717) is 24.4 Å². The molecule has 0 spiro atoms. The molecule has 9 heteroatoms. The summed E-state index contributed by atoms with van der Waals surface area (Å²) in [5.74, 6) is -0.0830. The lowest BCUT2D eigenvalue weighted by molar-refractivity contribution is -0.121. The van der Waals surface area contributed by atoms with Gasteiger partial charge in [-0.2, -0.15) is 5.10 Å². The first-order chi connectivity index (χ1) is 17.0. The number of ether oxygens (including phenoxy) is 1. The van der Waals surface area contributed by atoms with Crippen LogP contribution in [0.2, 0.25) is 0 Å². The predicted molar refractivity (Wildman–Crippen MR) is 127 cm³/mol. The lowest BCUT2D eigenvalue weighted by Gasteiger charge is -2.17. The second-order valence-electron chi connectivity index (χ2n) is 8.42. The van der Waals surface area contributed by atoms with E-state index in [4.69, 9.17) is 4.74 Å². The number of rotatable bonds is 6. The molecule has 0 radical (unpaired) electrons. The van der Waals surface area contributed by atoms with E-state index in [1.807, 2.05) is 43.3 Å². The van der Waals surface area contributed by atoms with Crippen LogP contribution in [0.4, 0.5) is 0 Å². The van der Waals surface area contributed by atoms with Gasteiger partial charge < -0.3 is 15.4 Å². The highest BCUT2D eigenvalue weighted by Crippen LogP contribution is 2.24. The molecular weight excluding hydrogens is 446 g/mol. The van der Waals surface area contributed by atoms with Crippen LogP contribution < -0.4 is 15.4 Å². The zero-order valence-electron chi connectivity index (χ0n) is 19.1. The van der Waals surface area contributed by atoms with Gasteiger partial charge >= 0.3 is 0 Å². The van der Waals surface area contributed by atoms with E-state index in [2.05, 4.69) is 20.7 Å². The van der Waals surface area contributed by atoms with Crippen molar-refractivity contribution in [3.63, 3.8) is 0 Å². The molecule has 0 bridgehead atoms. The van der Waals surface area contributed by atoms with Crippen molar-refractivity contribution in [2.24, 2.45) is 0 Å². The molecule has 2 N–H and O–H groups in total. The van der Waals surface area contributed by atoms with Crippen LogP contribution in [0, 0.1) is 6.92 Å². The number of carbonyl (C=O) groups is 3. The van der Waals surface area contributed by atoms with Crippen molar-refractivity contribution in [1.29, 1.82) is 0 Å². The van der Waals surface area contributed by atoms with Gasteiger partial charge in [-0.3, -0.25) is 14.4 Å². The smallest absolute Gasteiger partial charge is 0.270 e. The Morgan fingerprint density at radius 3 is 2.54 bits per heavy atom. The van der Waals surface area contributed by atoms with Gasteiger partial charge in [-0.25, -0.2) is 9.50 Å². The van der Waals surface area contributed by atoms with Crippen molar-refractivity contribution < 1.29 is 19.1 Å². The van der Waals surface area contributed by atoms with Gasteiger partial charge in [0.15, 0.2) is 11.4 Å². The highest BCUT2D eigenvalue weighted by Gasteiger charge is 2.19. The van der Waals surface area contributed by atoms with E-state index in [0.717, 1.165) is 22.3 Å². The average Bonchev–Trinajstić information content (AvgIpc) is 3.34. The lowest BCUT2D eigenvalue weighted by Crippen LogP contribution is -2.28. The molecule has 9 nitrogen and oxygen atoms in total. The maximum absolute atomic E-state index is 12.9. The number of amides is 2. The number of hydrogen-bond acceptors (Lipinski definition) is 6. The summed E-state index contributed by atoms with van der Waals surface area (Å²) >= 11 is 0. The maximum Gasteiger partial charge on any atom is 0.270 e. The standard InChI is InChI=1S/C26H23N5O4/c1-16-2-4-17(5-3-16)13-28-26(34)22-12-21(30-24-8-9-29-31(22)24)25(33)27-14-18-6-7-23-19(10-18)11-20(32)15-35-23/h2-10,12H,11,13-15H2,1H3,(H,27,33)(H,28,34). The van der Waals surface area contributed by atoms with E-state index >= 15 is 0 Å². The number of hydrogen-bond donors (Lipinski definition) is 2. The van der Waals surface area contributed by atoms with Gasteiger partial charge in [0.1, 0.15) is 23.7 Å². The molecule has 35 heavy (non-hydrogen) atoms. The van der Waals surface area contributed by atoms with E-state index in [9.17, 15) is 14.4 Å². The third-order valence-corrected chi connectivity index (χ3v) is 5.75. The molecule has 0 unspecified atom stereocenters. The Bertz CT molecular complexity index is 1440. The highest BCUT2D eigenvalue weighted by molar-refractivity contribution is 5.98. The zero-order chi connectivity index (χ0) is 24.4. The predicted octanol–water partition coefficient (Wildman–Crippen LogP) is 2.40. The minimum atomic E-state index is -0.425. The number of ketones is 1. The third kappa shape index (κ3) is 4.89. The fourth-order valence-electron chi connectivity index (χ4n) is 3.89. The summed E-state index contributed by atoms with van der Waals surface area (Å²) in [5.41, 5.74) is 4.45. The first-order valence-corrected chi connectivity index (χ1v) is 11.2. The van der Waals surface area contributed by atoms with Crippen molar-refractivity contribution in [3.05, 3.63) is 94.4 Å². The Morgan fingerprint density at radius 1 is 0.971 bits per heavy atom. The quantitative estimate of drug-likeness (QED) is 0.448. The maximum atomic E-state index is 12.9. The molecule has 0 aliphatic carbocycles. The second-order valence-corrected chi connectivity index (χ2v) is 8.42. The number of aryl methyl sites for hydroxylation is 1. The molecule has 0 atom stereocenters. The molecule has 3 heterocycles. The molecule has 5 rings (SSSR count). The monoisotopic (exact) mass is 469 g/mol. The molecule has 1 aliphatic rings. The fraction of sp³-hybridized carbons (Fsp3) is 0.192. The number of benzene rings is 2. The van der Waals surface area contributed by atoms with E-state index < -0.39 is 5.91 Å². The van der Waals surface area contributed by atoms with Crippen molar-refractivity contribution in [2.75, 3.05) is 6.61 Å². The number of aromatic nitrogens is 3. The Kier molecular flexibility index (Phi) is 5.97. The summed E-state index contributed by atoms with van der Waals surface area (Å²) in [7, 11) is 0. The first kappa shape index (κ1) is 22.3. The van der Waals surface area contributed by atoms with Crippen LogP contribution in [-0.2, 0) is 24.3 Å². The summed E-state index contributed by atoms with van der Waals surface area (Å²) in [6.07, 6.45) is 1.84. The Morgan fingerprint density at radius 2 is 1.71 bits per heavy atom. The second kappa shape index (κ2) is 9.38. The molecule has 2 amide bonds. The van der Waals surface area contributed by atoms with Gasteiger partial charge in [-0.05, 0) is 30.2 Å². The van der Waals surface area contributed by atoms with Gasteiger partial charge in [0.25, 0.3) is 11.8 Å². The molecule has 176 valence electrons. The minimum Gasteiger partial charge on any atom is -0.486 e. The first-order valence-electron chi connectivity index (χ1n) is 11.2. The average molecular weight is 470 g/mol. The van der Waals surface area contributed by atoms with E-state index in [-0.39, 0.29) is 36.2 Å². The molecule has 4 aromatic rings. The molecular formula is C26H23N5O4. The zero-order valence-corrected chi connectivity index (χ0v) is 19.1. The highest BCUT2D eigenvalue weighted by atomic mass is 16.5. The minimum absolute atomic E-state index is 0.0187. The van der Waals surface area contributed by atoms with Crippen LogP contribution in [0.5, 0.6) is 5.75 Å². The summed E-state index contributed by atoms with van der Waals surface area (Å²) in [6.45, 7) is 2.67. The Labute approximate surface area is 201 Å². The van der Waals surface area contributed by atoms with Crippen LogP contribution in [0.25, 0.3) is 5.65 Å². The van der Waals surface area contributed by atoms with Crippen molar-refractivity contribution in [1.82, 2.24) is 25.2 Å². The Hall–Kier alpha value is -4.53. The summed E-state index contributed by atoms with van der Waals surface area (Å²) in [5, 5.41) is 9.88. The summed E-state index contributed by atoms with van der Waals surface area (Å²) < 4.78 is 6.82. The SMILES string of the molecule is Cc1ccc(CNC(=O)c2cc(C(=O)NCc3ccc4c(c3)CC(=O)CO4)nc3ccnn23)cc1. The van der Waals surface area contributed by atoms with Crippen LogP contribution in [0.3, 0.4) is 0 Å². The van der Waals surface area contributed by atoms with Crippen molar-refractivity contribution in [3.8, 4) is 5.75 Å². The van der Waals surface area contributed by atoms with E-state index in [1.165, 1.54) is 16.8 Å². The fourth-order valence-corrected chi connectivity index (χ4v) is 3.89. The van der Waals surface area contributed by atoms with Gasteiger partial charge in [0, 0.05) is 37.2 Å². The molecule has 2 aromatic heterocycles. The van der Waals surface area contributed by atoms with Gasteiger partial charge in [0.2, 0.25) is 0 Å². The lowest BCUT2D eigenvalue weighted by atomic mass is 10.0. The van der Waals surface area contributed by atoms with Crippen molar-refractivity contribution >= 4 is 23.2 Å². The molecule has 2 aromatic carbocycles. The van der Waals surface area contributed by atoms with Crippen molar-refractivity contribution in [2.45, 2.75) is 26.4 Å². The molecule has 0 saturated carbocycles. The van der Waals surface area contributed by atoms with Crippen LogP contribution in [0.15, 0.2) is 60.8 Å². The van der Waals surface area contributed by atoms with Gasteiger partial charge in [-0.15, -0.1) is 0 Å². The number of carbonyl (C=O) groups excluding carboxylic acids is 3. The largest absolute Gasteiger partial charge is 0.486 e. The van der Waals surface area contributed by atoms with Crippen LogP contribution in [-0.4, -0.2) is 38.8 Å². The molecule has 0 saturated heterocycles. The Balaban J connectivity index is 1.31. The number of Topliss-reactive ketones (excluding diaryl/α,β-unsaturated/α-hetero) is 1. The number of fused-ring (bicyclic) bond motifs is 2. The van der Waals surface area contributed by atoms with Crippen LogP contribution >= 0.6 is 0 Å². The number of nitrogens with one attached hydrogen (secondary N) is 2. The third-order valence-electron chi connectivity index (χ3n) is 5.75. The normalized spacial score (nSPS) is 12.7. The van der Waals surface area contributed by atoms with Gasteiger partial charge in [0.05, 0.1) is 6.20 Å². The van der Waals surface area contributed by atoms with Gasteiger partial charge in [-0.1, -0.05) is 35.9 Å².